The number of allylic oxidation sites excluding steroid dienone is 4. The van der Waals surface area contributed by atoms with E-state index in [1.54, 1.807) is 0 Å². The quantitative estimate of drug-likeness (QED) is 0.422. The first-order valence-corrected chi connectivity index (χ1v) is 7.36. The van der Waals surface area contributed by atoms with E-state index in [4.69, 9.17) is 0 Å². The third-order valence-corrected chi connectivity index (χ3v) is 3.47. The summed E-state index contributed by atoms with van der Waals surface area (Å²) in [7, 11) is 0. The zero-order valence-corrected chi connectivity index (χ0v) is 13.3. The van der Waals surface area contributed by atoms with Crippen molar-refractivity contribution in [1.29, 1.82) is 0 Å². The Kier molecular flexibility index (Phi) is 6.84. The smallest absolute Gasteiger partial charge is 0.0234 e. The van der Waals surface area contributed by atoms with Gasteiger partial charge in [0.25, 0.3) is 0 Å². The van der Waals surface area contributed by atoms with Gasteiger partial charge in [-0.3, -0.25) is 0 Å². The molecule has 0 nitrogen and oxygen atoms in total. The standard InChI is InChI=1S/C20H26/c1-6-8-9-10-19(20(7-2)16(3)4)15-18-13-11-17(5)12-14-18/h8,11-15H,1,7,9-10H2,2-5H3. The molecule has 0 atom stereocenters. The van der Waals surface area contributed by atoms with Gasteiger partial charge in [-0.05, 0) is 62.8 Å². The van der Waals surface area contributed by atoms with Crippen molar-refractivity contribution >= 4 is 6.08 Å². The van der Waals surface area contributed by atoms with Gasteiger partial charge in [0.05, 0.1) is 0 Å². The number of benzene rings is 1. The summed E-state index contributed by atoms with van der Waals surface area (Å²) in [5.41, 5.74) is 9.76. The van der Waals surface area contributed by atoms with Crippen LogP contribution in [0.25, 0.3) is 6.08 Å². The van der Waals surface area contributed by atoms with E-state index in [1.807, 2.05) is 6.08 Å². The first-order valence-electron chi connectivity index (χ1n) is 7.36. The van der Waals surface area contributed by atoms with E-state index < -0.39 is 0 Å². The van der Waals surface area contributed by atoms with Crippen molar-refractivity contribution in [2.24, 2.45) is 0 Å². The predicted molar refractivity (Wildman–Crippen MR) is 90.8 cm³/mol. The summed E-state index contributed by atoms with van der Waals surface area (Å²) in [6.45, 7) is 12.4. The molecular formula is C20H26. The highest BCUT2D eigenvalue weighted by molar-refractivity contribution is 5.59. The lowest BCUT2D eigenvalue weighted by Gasteiger charge is -2.12. The minimum Gasteiger partial charge on any atom is -0.133 e. The Morgan fingerprint density at radius 3 is 2.35 bits per heavy atom. The molecule has 0 unspecified atom stereocenters. The lowest BCUT2D eigenvalue weighted by atomic mass is 9.93. The first-order chi connectivity index (χ1) is 9.58. The Labute approximate surface area is 124 Å². The molecule has 0 aliphatic heterocycles. The third kappa shape index (κ3) is 5.07. The summed E-state index contributed by atoms with van der Waals surface area (Å²) >= 11 is 0. The van der Waals surface area contributed by atoms with Crippen molar-refractivity contribution in [3.05, 3.63) is 70.5 Å². The number of hydrogen-bond acceptors (Lipinski definition) is 0. The summed E-state index contributed by atoms with van der Waals surface area (Å²) in [5, 5.41) is 0. The van der Waals surface area contributed by atoms with Crippen LogP contribution in [0.15, 0.2) is 59.4 Å². The third-order valence-electron chi connectivity index (χ3n) is 3.47. The van der Waals surface area contributed by atoms with Crippen molar-refractivity contribution < 1.29 is 0 Å². The molecular weight excluding hydrogens is 240 g/mol. The Bertz CT molecular complexity index is 528. The molecule has 106 valence electrons. The molecule has 0 aliphatic rings. The highest BCUT2D eigenvalue weighted by Gasteiger charge is 2.05. The van der Waals surface area contributed by atoms with Crippen LogP contribution in [0, 0.1) is 6.92 Å². The van der Waals surface area contributed by atoms with Gasteiger partial charge < -0.3 is 0 Å². The van der Waals surface area contributed by atoms with E-state index in [0.29, 0.717) is 0 Å². The van der Waals surface area contributed by atoms with Crippen LogP contribution in [0.5, 0.6) is 0 Å². The van der Waals surface area contributed by atoms with Crippen molar-refractivity contribution in [2.75, 3.05) is 0 Å². The van der Waals surface area contributed by atoms with E-state index in [0.717, 1.165) is 19.3 Å². The fourth-order valence-corrected chi connectivity index (χ4v) is 2.41. The maximum Gasteiger partial charge on any atom is -0.0234 e. The summed E-state index contributed by atoms with van der Waals surface area (Å²) < 4.78 is 0. The van der Waals surface area contributed by atoms with E-state index in [9.17, 15) is 0 Å². The summed E-state index contributed by atoms with van der Waals surface area (Å²) in [6, 6.07) is 8.72. The lowest BCUT2D eigenvalue weighted by Crippen LogP contribution is -1.92. The molecule has 0 saturated carbocycles. The number of hydrogen-bond donors (Lipinski definition) is 0. The molecule has 0 heteroatoms. The molecule has 0 bridgehead atoms. The van der Waals surface area contributed by atoms with Crippen molar-refractivity contribution in [3.8, 4) is 0 Å². The van der Waals surface area contributed by atoms with Gasteiger partial charge in [-0.2, -0.15) is 0 Å². The van der Waals surface area contributed by atoms with Crippen LogP contribution in [0.2, 0.25) is 0 Å². The molecule has 0 radical (unpaired) electrons. The molecule has 0 fully saturated rings. The summed E-state index contributed by atoms with van der Waals surface area (Å²) in [4.78, 5) is 0. The fraction of sp³-hybridized carbons (Fsp3) is 0.350. The van der Waals surface area contributed by atoms with Crippen molar-refractivity contribution in [3.63, 3.8) is 0 Å². The monoisotopic (exact) mass is 266 g/mol. The molecule has 0 aliphatic carbocycles. The van der Waals surface area contributed by atoms with Gasteiger partial charge in [0.2, 0.25) is 0 Å². The Balaban J connectivity index is 3.11. The minimum absolute atomic E-state index is 0.998. The van der Waals surface area contributed by atoms with Crippen LogP contribution in [0.4, 0.5) is 0 Å². The van der Waals surface area contributed by atoms with Gasteiger partial charge >= 0.3 is 0 Å². The van der Waals surface area contributed by atoms with Crippen LogP contribution in [0.1, 0.15) is 51.2 Å². The maximum atomic E-state index is 3.64. The largest absolute Gasteiger partial charge is 0.133 e. The lowest BCUT2D eigenvalue weighted by molar-refractivity contribution is 0.945. The Morgan fingerprint density at radius 2 is 1.85 bits per heavy atom. The van der Waals surface area contributed by atoms with Crippen LogP contribution in [-0.4, -0.2) is 0 Å². The van der Waals surface area contributed by atoms with Gasteiger partial charge in [0.15, 0.2) is 0 Å². The molecule has 0 N–H and O–H groups in total. The molecule has 0 saturated heterocycles. The zero-order chi connectivity index (χ0) is 15.0. The van der Waals surface area contributed by atoms with Crippen LogP contribution in [-0.2, 0) is 0 Å². The molecule has 1 aromatic carbocycles. The first kappa shape index (κ1) is 16.3. The molecule has 1 aromatic rings. The van der Waals surface area contributed by atoms with Crippen molar-refractivity contribution in [1.82, 2.24) is 0 Å². The summed E-state index contributed by atoms with van der Waals surface area (Å²) in [5.74, 6) is 0. The van der Waals surface area contributed by atoms with Gasteiger partial charge in [0, 0.05) is 0 Å². The second-order valence-corrected chi connectivity index (χ2v) is 5.36. The highest BCUT2D eigenvalue weighted by atomic mass is 14.1. The summed E-state index contributed by atoms with van der Waals surface area (Å²) in [6.07, 6.45) is 7.46. The molecule has 1 rings (SSSR count). The second kappa shape index (κ2) is 8.40. The zero-order valence-electron chi connectivity index (χ0n) is 13.3. The van der Waals surface area contributed by atoms with Gasteiger partial charge in [-0.1, -0.05) is 55.0 Å². The van der Waals surface area contributed by atoms with E-state index >= 15 is 0 Å². The average Bonchev–Trinajstić information content (AvgIpc) is 2.41. The van der Waals surface area contributed by atoms with Gasteiger partial charge in [0.1, 0.15) is 0 Å². The average molecular weight is 266 g/mol. The van der Waals surface area contributed by atoms with Crippen LogP contribution >= 0.6 is 0 Å². The van der Waals surface area contributed by atoms with E-state index in [1.165, 1.54) is 27.8 Å². The highest BCUT2D eigenvalue weighted by Crippen LogP contribution is 2.25. The predicted octanol–water partition coefficient (Wildman–Crippen LogP) is 6.25. The molecule has 0 spiro atoms. The minimum atomic E-state index is 0.998. The van der Waals surface area contributed by atoms with E-state index in [-0.39, 0.29) is 0 Å². The van der Waals surface area contributed by atoms with Gasteiger partial charge in [-0.15, -0.1) is 5.73 Å². The fourth-order valence-electron chi connectivity index (χ4n) is 2.41. The second-order valence-electron chi connectivity index (χ2n) is 5.36. The normalized spacial score (nSPS) is 10.9. The Morgan fingerprint density at radius 1 is 1.20 bits per heavy atom. The SMILES string of the molecule is C=C=CCCC(=Cc1ccc(C)cc1)C(CC)=C(C)C. The molecule has 0 aromatic heterocycles. The molecule has 0 amide bonds. The van der Waals surface area contributed by atoms with Gasteiger partial charge in [-0.25, -0.2) is 0 Å². The Hall–Kier alpha value is -1.78. The molecule has 0 heterocycles. The van der Waals surface area contributed by atoms with Crippen LogP contribution < -0.4 is 0 Å². The number of aryl methyl sites for hydroxylation is 1. The van der Waals surface area contributed by atoms with Crippen molar-refractivity contribution in [2.45, 2.75) is 47.0 Å². The number of rotatable bonds is 6. The van der Waals surface area contributed by atoms with Crippen LogP contribution in [0.3, 0.4) is 0 Å². The maximum absolute atomic E-state index is 3.64. The van der Waals surface area contributed by atoms with E-state index in [2.05, 4.69) is 70.3 Å². The molecule has 20 heavy (non-hydrogen) atoms. The topological polar surface area (TPSA) is 0 Å².